The highest BCUT2D eigenvalue weighted by molar-refractivity contribution is 7.10. The van der Waals surface area contributed by atoms with Crippen LogP contribution >= 0.6 is 11.5 Å². The van der Waals surface area contributed by atoms with Crippen LogP contribution in [0.5, 0.6) is 0 Å². The Labute approximate surface area is 164 Å². The lowest BCUT2D eigenvalue weighted by Crippen LogP contribution is -2.56. The molecule has 144 valence electrons. The van der Waals surface area contributed by atoms with E-state index in [9.17, 15) is 4.39 Å². The second-order valence-electron chi connectivity index (χ2n) is 7.42. The number of hydrogen-bond acceptors (Lipinski definition) is 7. The lowest BCUT2D eigenvalue weighted by molar-refractivity contribution is -0.0230. The van der Waals surface area contributed by atoms with Gasteiger partial charge >= 0.3 is 0 Å². The zero-order valence-electron chi connectivity index (χ0n) is 15.5. The summed E-state index contributed by atoms with van der Waals surface area (Å²) in [4.78, 5) is 11.2. The summed E-state index contributed by atoms with van der Waals surface area (Å²) < 4.78 is 20.1. The molecule has 2 N–H and O–H groups in total. The highest BCUT2D eigenvalue weighted by atomic mass is 32.1. The number of aromatic nitrogens is 6. The van der Waals surface area contributed by atoms with Crippen LogP contribution in [0, 0.1) is 6.92 Å². The Bertz CT molecular complexity index is 1120. The Hall–Kier alpha value is -2.85. The molecule has 1 aliphatic heterocycles. The molecule has 1 saturated heterocycles. The van der Waals surface area contributed by atoms with Gasteiger partial charge in [0.15, 0.2) is 11.5 Å². The molecule has 0 bridgehead atoms. The second kappa shape index (κ2) is 6.35. The predicted octanol–water partition coefficient (Wildman–Crippen LogP) is 3.17. The van der Waals surface area contributed by atoms with Crippen molar-refractivity contribution < 1.29 is 4.39 Å². The summed E-state index contributed by atoms with van der Waals surface area (Å²) in [5, 5.41) is 11.1. The summed E-state index contributed by atoms with van der Waals surface area (Å²) in [6.45, 7) is 5.15. The fourth-order valence-corrected chi connectivity index (χ4v) is 4.24. The van der Waals surface area contributed by atoms with Gasteiger partial charge in [-0.05, 0) is 31.4 Å². The summed E-state index contributed by atoms with van der Waals surface area (Å²) in [6, 6.07) is 1.99. The molecular formula is C18H19FN8S. The van der Waals surface area contributed by atoms with E-state index in [0.717, 1.165) is 33.3 Å². The molecule has 0 spiro atoms. The third-order valence-corrected chi connectivity index (χ3v) is 5.44. The number of H-pyrrole nitrogens is 1. The van der Waals surface area contributed by atoms with E-state index in [1.165, 1.54) is 11.5 Å². The van der Waals surface area contributed by atoms with E-state index in [-0.39, 0.29) is 0 Å². The number of fused-ring (bicyclic) bond motifs is 1. The second-order valence-corrected chi connectivity index (χ2v) is 8.23. The standard InChI is InChI=1S/C18H19FN8S/c1-11-7-27-14(12-4-21-22-5-12)6-20-17(27)16(23-11)24-15-3-13(25-28-15)8-26-9-18(2,19)10-26/h3-7H,8-10H2,1-2H3,(H,21,22)(H,23,24). The molecule has 1 aliphatic rings. The lowest BCUT2D eigenvalue weighted by atomic mass is 9.99. The van der Waals surface area contributed by atoms with E-state index in [1.807, 2.05) is 40.9 Å². The number of hydrogen-bond donors (Lipinski definition) is 2. The van der Waals surface area contributed by atoms with E-state index in [2.05, 4.69) is 29.9 Å². The molecule has 5 heterocycles. The van der Waals surface area contributed by atoms with Crippen molar-refractivity contribution in [1.82, 2.24) is 33.8 Å². The Balaban J connectivity index is 1.40. The number of rotatable bonds is 5. The first-order chi connectivity index (χ1) is 13.5. The van der Waals surface area contributed by atoms with Crippen LogP contribution in [0.15, 0.2) is 30.9 Å². The van der Waals surface area contributed by atoms with Crippen LogP contribution in [0.4, 0.5) is 15.2 Å². The number of anilines is 2. The van der Waals surface area contributed by atoms with Gasteiger partial charge in [-0.3, -0.25) is 14.4 Å². The average Bonchev–Trinajstić information content (AvgIpc) is 3.33. The van der Waals surface area contributed by atoms with Gasteiger partial charge in [0.25, 0.3) is 0 Å². The fourth-order valence-electron chi connectivity index (χ4n) is 3.59. The first kappa shape index (κ1) is 17.3. The molecule has 5 rings (SSSR count). The maximum Gasteiger partial charge on any atom is 0.180 e. The predicted molar refractivity (Wildman–Crippen MR) is 105 cm³/mol. The molecule has 0 radical (unpaired) electrons. The Morgan fingerprint density at radius 1 is 1.36 bits per heavy atom. The highest BCUT2D eigenvalue weighted by Crippen LogP contribution is 2.29. The first-order valence-electron chi connectivity index (χ1n) is 8.95. The first-order valence-corrected chi connectivity index (χ1v) is 9.72. The van der Waals surface area contributed by atoms with Crippen molar-refractivity contribution in [1.29, 1.82) is 0 Å². The number of likely N-dealkylation sites (tertiary alicyclic amines) is 1. The van der Waals surface area contributed by atoms with E-state index in [1.54, 1.807) is 13.1 Å². The monoisotopic (exact) mass is 398 g/mol. The SMILES string of the molecule is Cc1cn2c(-c3cn[nH]c3)cnc2c(Nc2cc(CN3CC(C)(F)C3)ns2)n1. The molecule has 0 aromatic carbocycles. The summed E-state index contributed by atoms with van der Waals surface area (Å²) in [5.41, 5.74) is 3.35. The summed E-state index contributed by atoms with van der Waals surface area (Å²) in [5.74, 6) is 0.672. The molecule has 10 heteroatoms. The van der Waals surface area contributed by atoms with Gasteiger partial charge in [0.1, 0.15) is 10.7 Å². The largest absolute Gasteiger partial charge is 0.328 e. The molecule has 0 atom stereocenters. The van der Waals surface area contributed by atoms with Crippen molar-refractivity contribution in [2.24, 2.45) is 0 Å². The van der Waals surface area contributed by atoms with Gasteiger partial charge in [-0.1, -0.05) is 0 Å². The van der Waals surface area contributed by atoms with Gasteiger partial charge in [-0.2, -0.15) is 9.47 Å². The normalized spacial score (nSPS) is 16.4. The maximum absolute atomic E-state index is 13.6. The lowest BCUT2D eigenvalue weighted by Gasteiger charge is -2.41. The molecule has 0 saturated carbocycles. The topological polar surface area (TPSA) is 87.0 Å². The van der Waals surface area contributed by atoms with Gasteiger partial charge < -0.3 is 5.32 Å². The maximum atomic E-state index is 13.6. The van der Waals surface area contributed by atoms with Crippen molar-refractivity contribution in [3.8, 4) is 11.3 Å². The third-order valence-electron chi connectivity index (χ3n) is 4.70. The fraction of sp³-hybridized carbons (Fsp3) is 0.333. The van der Waals surface area contributed by atoms with E-state index >= 15 is 0 Å². The summed E-state index contributed by atoms with van der Waals surface area (Å²) in [6.07, 6.45) is 7.36. The van der Waals surface area contributed by atoms with E-state index in [0.29, 0.717) is 25.5 Å². The van der Waals surface area contributed by atoms with Crippen LogP contribution in [0.2, 0.25) is 0 Å². The minimum absolute atomic E-state index is 0.457. The van der Waals surface area contributed by atoms with Crippen LogP contribution in [0.25, 0.3) is 16.9 Å². The van der Waals surface area contributed by atoms with E-state index < -0.39 is 5.67 Å². The molecule has 4 aromatic rings. The number of alkyl halides is 1. The molecule has 0 unspecified atom stereocenters. The van der Waals surface area contributed by atoms with Crippen molar-refractivity contribution >= 4 is 28.0 Å². The Morgan fingerprint density at radius 2 is 2.21 bits per heavy atom. The van der Waals surface area contributed by atoms with Crippen molar-refractivity contribution in [2.45, 2.75) is 26.1 Å². The van der Waals surface area contributed by atoms with Crippen LogP contribution in [-0.2, 0) is 6.54 Å². The highest BCUT2D eigenvalue weighted by Gasteiger charge is 2.38. The Kier molecular flexibility index (Phi) is 3.91. The third kappa shape index (κ3) is 3.14. The Morgan fingerprint density at radius 3 is 2.96 bits per heavy atom. The van der Waals surface area contributed by atoms with E-state index in [4.69, 9.17) is 0 Å². The van der Waals surface area contributed by atoms with Crippen LogP contribution < -0.4 is 5.32 Å². The zero-order valence-corrected chi connectivity index (χ0v) is 16.3. The van der Waals surface area contributed by atoms with Crippen LogP contribution in [0.3, 0.4) is 0 Å². The van der Waals surface area contributed by atoms with Gasteiger partial charge in [0, 0.05) is 37.6 Å². The summed E-state index contributed by atoms with van der Waals surface area (Å²) in [7, 11) is 0. The minimum atomic E-state index is -1.07. The number of aryl methyl sites for hydroxylation is 1. The van der Waals surface area contributed by atoms with Crippen LogP contribution in [0.1, 0.15) is 18.3 Å². The number of nitrogens with one attached hydrogen (secondary N) is 2. The molecule has 0 amide bonds. The molecule has 8 nitrogen and oxygen atoms in total. The van der Waals surface area contributed by atoms with Crippen molar-refractivity contribution in [3.05, 3.63) is 42.2 Å². The number of halogens is 1. The molecule has 1 fully saturated rings. The van der Waals surface area contributed by atoms with Gasteiger partial charge in [0.05, 0.1) is 29.5 Å². The molecular weight excluding hydrogens is 379 g/mol. The minimum Gasteiger partial charge on any atom is -0.328 e. The number of nitrogens with zero attached hydrogens (tertiary/aromatic N) is 6. The smallest absolute Gasteiger partial charge is 0.180 e. The average molecular weight is 398 g/mol. The number of aromatic amines is 1. The molecule has 4 aromatic heterocycles. The van der Waals surface area contributed by atoms with Gasteiger partial charge in [-0.25, -0.2) is 14.4 Å². The molecule has 0 aliphatic carbocycles. The number of imidazole rings is 1. The molecule has 28 heavy (non-hydrogen) atoms. The van der Waals surface area contributed by atoms with Crippen molar-refractivity contribution in [2.75, 3.05) is 18.4 Å². The quantitative estimate of drug-likeness (QED) is 0.537. The van der Waals surface area contributed by atoms with Gasteiger partial charge in [-0.15, -0.1) is 0 Å². The zero-order chi connectivity index (χ0) is 19.3. The van der Waals surface area contributed by atoms with Crippen LogP contribution in [-0.4, -0.2) is 52.6 Å². The van der Waals surface area contributed by atoms with Gasteiger partial charge in [0.2, 0.25) is 0 Å². The summed E-state index contributed by atoms with van der Waals surface area (Å²) >= 11 is 1.37. The van der Waals surface area contributed by atoms with Crippen molar-refractivity contribution in [3.63, 3.8) is 0 Å².